The van der Waals surface area contributed by atoms with Crippen LogP contribution in [-0.2, 0) is 6.67 Å². The van der Waals surface area contributed by atoms with E-state index in [-0.39, 0.29) is 0 Å². The van der Waals surface area contributed by atoms with Gasteiger partial charge in [-0.05, 0) is 35.7 Å². The van der Waals surface area contributed by atoms with Crippen molar-refractivity contribution in [2.45, 2.75) is 11.6 Å². The van der Waals surface area contributed by atoms with Gasteiger partial charge in [-0.2, -0.15) is 0 Å². The third-order valence-electron chi connectivity index (χ3n) is 8.62. The molecule has 0 amide bonds. The summed E-state index contributed by atoms with van der Waals surface area (Å²) in [4.78, 5) is 11.2. The average molecular weight is 600 g/mol. The molecule has 0 aliphatic carbocycles. The number of fused-ring (bicyclic) bond motifs is 11. The summed E-state index contributed by atoms with van der Waals surface area (Å²) in [6, 6.07) is 45.3. The lowest BCUT2D eigenvalue weighted by atomic mass is 9.99. The van der Waals surface area contributed by atoms with E-state index >= 15 is 0 Å². The fourth-order valence-corrected chi connectivity index (χ4v) is 9.12. The number of hydrogen-bond acceptors (Lipinski definition) is 4. The van der Waals surface area contributed by atoms with Crippen LogP contribution in [0.25, 0.3) is 64.0 Å². The maximum absolute atomic E-state index is 5.40. The molecule has 0 fully saturated rings. The van der Waals surface area contributed by atoms with Crippen LogP contribution in [-0.4, -0.2) is 16.3 Å². The van der Waals surface area contributed by atoms with Gasteiger partial charge in [0.25, 0.3) is 0 Å². The SMILES string of the molecule is C=N/C(=C1\C(=N/Cn2c3ccccc3c3c4ccccc4c4c5ccccc5sc4c32)Sc2ccccc21)c1ccccc1. The van der Waals surface area contributed by atoms with E-state index in [0.717, 1.165) is 27.4 Å². The third kappa shape index (κ3) is 3.70. The number of aliphatic imine (C=N–C) groups is 2. The number of nitrogens with zero attached hydrogens (tertiary/aromatic N) is 3. The van der Waals surface area contributed by atoms with Crippen molar-refractivity contribution in [3.05, 3.63) is 139 Å². The smallest absolute Gasteiger partial charge is 0.116 e. The van der Waals surface area contributed by atoms with E-state index < -0.39 is 0 Å². The van der Waals surface area contributed by atoms with Crippen LogP contribution in [0.3, 0.4) is 0 Å². The summed E-state index contributed by atoms with van der Waals surface area (Å²) in [7, 11) is 0. The standard InChI is InChI=1S/C39H25N3S2/c1-40-36(24-13-3-2-4-14-24)35-29-19-9-12-22-32(29)44-39(35)41-23-42-30-20-10-7-17-27(30)33-25-15-5-6-16-26(25)34-28-18-8-11-21-31(28)43-38(34)37(33)42/h2-22H,1,23H2/b36-35-,41-39+. The lowest BCUT2D eigenvalue weighted by molar-refractivity contribution is 0.798. The van der Waals surface area contributed by atoms with Crippen molar-refractivity contribution in [1.29, 1.82) is 0 Å². The summed E-state index contributed by atoms with van der Waals surface area (Å²) < 4.78 is 5.04. The van der Waals surface area contributed by atoms with E-state index in [1.165, 1.54) is 57.6 Å². The number of rotatable bonds is 4. The van der Waals surface area contributed by atoms with Gasteiger partial charge in [-0.3, -0.25) is 9.98 Å². The lowest BCUT2D eigenvalue weighted by Crippen LogP contribution is -2.01. The van der Waals surface area contributed by atoms with Crippen LogP contribution in [0.1, 0.15) is 11.1 Å². The van der Waals surface area contributed by atoms with Crippen LogP contribution in [0.2, 0.25) is 0 Å². The third-order valence-corrected chi connectivity index (χ3v) is 10.9. The highest BCUT2D eigenvalue weighted by Gasteiger charge is 2.28. The lowest BCUT2D eigenvalue weighted by Gasteiger charge is -2.11. The molecule has 0 N–H and O–H groups in total. The topological polar surface area (TPSA) is 29.6 Å². The number of aromatic nitrogens is 1. The molecule has 1 aliphatic rings. The van der Waals surface area contributed by atoms with Crippen LogP contribution in [0.15, 0.2) is 142 Å². The fourth-order valence-electron chi connectivity index (χ4n) is 6.78. The molecule has 0 bridgehead atoms. The van der Waals surface area contributed by atoms with E-state index in [0.29, 0.717) is 6.67 Å². The van der Waals surface area contributed by atoms with Gasteiger partial charge in [-0.15, -0.1) is 11.3 Å². The van der Waals surface area contributed by atoms with Crippen molar-refractivity contribution < 1.29 is 0 Å². The first-order chi connectivity index (χ1) is 21.8. The fraction of sp³-hybridized carbons (Fsp3) is 0.0256. The van der Waals surface area contributed by atoms with Crippen LogP contribution in [0.4, 0.5) is 0 Å². The zero-order valence-electron chi connectivity index (χ0n) is 23.7. The number of hydrogen-bond donors (Lipinski definition) is 0. The van der Waals surface area contributed by atoms with Crippen LogP contribution in [0.5, 0.6) is 0 Å². The minimum atomic E-state index is 0.491. The Morgan fingerprint density at radius 3 is 2.14 bits per heavy atom. The maximum atomic E-state index is 5.40. The Kier molecular flexibility index (Phi) is 5.83. The van der Waals surface area contributed by atoms with Crippen LogP contribution >= 0.6 is 23.1 Å². The van der Waals surface area contributed by atoms with Crippen molar-refractivity contribution in [2.24, 2.45) is 9.98 Å². The summed E-state index contributed by atoms with van der Waals surface area (Å²) in [6.45, 7) is 4.48. The maximum Gasteiger partial charge on any atom is 0.116 e. The molecule has 8 aromatic rings. The molecule has 0 saturated heterocycles. The molecule has 208 valence electrons. The minimum absolute atomic E-state index is 0.491. The highest BCUT2D eigenvalue weighted by atomic mass is 32.2. The number of thiophene rings is 1. The van der Waals surface area contributed by atoms with Crippen molar-refractivity contribution in [3.63, 3.8) is 0 Å². The second-order valence-electron chi connectivity index (χ2n) is 11.0. The zero-order chi connectivity index (χ0) is 29.2. The van der Waals surface area contributed by atoms with E-state index in [1.807, 2.05) is 29.5 Å². The van der Waals surface area contributed by atoms with Crippen molar-refractivity contribution in [2.75, 3.05) is 0 Å². The van der Waals surface area contributed by atoms with E-state index in [1.54, 1.807) is 11.8 Å². The monoisotopic (exact) mass is 599 g/mol. The number of para-hydroxylation sites is 1. The highest BCUT2D eigenvalue weighted by Crippen LogP contribution is 2.48. The highest BCUT2D eigenvalue weighted by molar-refractivity contribution is 8.15. The van der Waals surface area contributed by atoms with Gasteiger partial charge in [0.15, 0.2) is 0 Å². The van der Waals surface area contributed by atoms with Gasteiger partial charge in [0, 0.05) is 47.8 Å². The molecule has 0 spiro atoms. The Hall–Kier alpha value is -4.97. The van der Waals surface area contributed by atoms with Crippen LogP contribution in [0, 0.1) is 0 Å². The predicted molar refractivity (Wildman–Crippen MR) is 192 cm³/mol. The molecule has 3 heterocycles. The van der Waals surface area contributed by atoms with Crippen molar-refractivity contribution in [3.8, 4) is 0 Å². The predicted octanol–water partition coefficient (Wildman–Crippen LogP) is 11.0. The average Bonchev–Trinajstić information content (AvgIpc) is 3.75. The van der Waals surface area contributed by atoms with Gasteiger partial charge >= 0.3 is 0 Å². The first-order valence-electron chi connectivity index (χ1n) is 14.6. The van der Waals surface area contributed by atoms with Gasteiger partial charge in [0.1, 0.15) is 11.7 Å². The molecule has 0 unspecified atom stereocenters. The normalized spacial score (nSPS) is 15.2. The van der Waals surface area contributed by atoms with Crippen LogP contribution < -0.4 is 0 Å². The summed E-state index contributed by atoms with van der Waals surface area (Å²) >= 11 is 3.60. The number of benzene rings is 6. The molecule has 1 aliphatic heterocycles. The largest absolute Gasteiger partial charge is 0.319 e. The summed E-state index contributed by atoms with van der Waals surface area (Å²) in [6.07, 6.45) is 0. The molecule has 2 aromatic heterocycles. The van der Waals surface area contributed by atoms with Gasteiger partial charge < -0.3 is 4.57 Å². The second-order valence-corrected chi connectivity index (χ2v) is 13.1. The zero-order valence-corrected chi connectivity index (χ0v) is 25.3. The van der Waals surface area contributed by atoms with E-state index in [2.05, 4.69) is 125 Å². The van der Waals surface area contributed by atoms with Crippen molar-refractivity contribution in [1.82, 2.24) is 4.57 Å². The summed E-state index contributed by atoms with van der Waals surface area (Å²) in [5.41, 5.74) is 6.55. The molecule has 9 rings (SSSR count). The molecule has 0 atom stereocenters. The Labute approximate surface area is 262 Å². The van der Waals surface area contributed by atoms with Gasteiger partial charge in [-0.1, -0.05) is 121 Å². The molecule has 5 heteroatoms. The Morgan fingerprint density at radius 1 is 0.659 bits per heavy atom. The molecular weight excluding hydrogens is 575 g/mol. The molecule has 6 aromatic carbocycles. The van der Waals surface area contributed by atoms with E-state index in [9.17, 15) is 0 Å². The molecular formula is C39H25N3S2. The molecule has 44 heavy (non-hydrogen) atoms. The summed E-state index contributed by atoms with van der Waals surface area (Å²) in [5.74, 6) is 0. The first kappa shape index (κ1) is 25.5. The summed E-state index contributed by atoms with van der Waals surface area (Å²) in [5, 5.41) is 8.75. The van der Waals surface area contributed by atoms with Gasteiger partial charge in [-0.25, -0.2) is 0 Å². The van der Waals surface area contributed by atoms with Gasteiger partial charge in [0.2, 0.25) is 0 Å². The second kappa shape index (κ2) is 10.1. The number of thioether (sulfide) groups is 1. The minimum Gasteiger partial charge on any atom is -0.319 e. The Balaban J connectivity index is 1.34. The Morgan fingerprint density at radius 2 is 1.32 bits per heavy atom. The molecule has 0 radical (unpaired) electrons. The van der Waals surface area contributed by atoms with Crippen molar-refractivity contribution >= 4 is 98.9 Å². The Bertz CT molecular complexity index is 2510. The molecule has 3 nitrogen and oxygen atoms in total. The van der Waals surface area contributed by atoms with Gasteiger partial charge in [0.05, 0.1) is 21.4 Å². The molecule has 0 saturated carbocycles. The van der Waals surface area contributed by atoms with E-state index in [4.69, 9.17) is 4.99 Å². The quantitative estimate of drug-likeness (QED) is 0.185. The first-order valence-corrected chi connectivity index (χ1v) is 16.3.